The van der Waals surface area contributed by atoms with Gasteiger partial charge in [-0.05, 0) is 102 Å². The van der Waals surface area contributed by atoms with Crippen molar-refractivity contribution in [3.63, 3.8) is 0 Å². The smallest absolute Gasteiger partial charge is 0.305 e. The van der Waals surface area contributed by atoms with Crippen molar-refractivity contribution in [2.45, 2.75) is 101 Å². The van der Waals surface area contributed by atoms with Crippen LogP contribution in [0.2, 0.25) is 10.1 Å². The Morgan fingerprint density at radius 3 is 2.26 bits per heavy atom. The molecule has 2 saturated carbocycles. The molecule has 1 unspecified atom stereocenters. The minimum absolute atomic E-state index is 0.0156. The average Bonchev–Trinajstić information content (AvgIpc) is 3.65. The van der Waals surface area contributed by atoms with E-state index in [-0.39, 0.29) is 46.7 Å². The van der Waals surface area contributed by atoms with E-state index in [1.807, 2.05) is 0 Å². The van der Waals surface area contributed by atoms with Crippen molar-refractivity contribution in [1.82, 2.24) is 4.72 Å². The molecule has 6 rings (SSSR count). The maximum atomic E-state index is 13.7. The minimum atomic E-state index is -3.82. The van der Waals surface area contributed by atoms with E-state index in [9.17, 15) is 13.2 Å². The first-order valence-electron chi connectivity index (χ1n) is 19.4. The number of carbonyl (C=O) groups excluding carboxylic acids is 1. The van der Waals surface area contributed by atoms with Crippen molar-refractivity contribution in [2.24, 2.45) is 17.3 Å². The van der Waals surface area contributed by atoms with Crippen LogP contribution in [-0.2, 0) is 33.5 Å². The van der Waals surface area contributed by atoms with Crippen LogP contribution in [-0.4, -0.2) is 62.0 Å². The highest BCUT2D eigenvalue weighted by molar-refractivity contribution is 7.89. The van der Waals surface area contributed by atoms with Crippen molar-refractivity contribution >= 4 is 46.3 Å². The van der Waals surface area contributed by atoms with Gasteiger partial charge in [-0.2, -0.15) is 0 Å². The molecule has 3 aliphatic rings. The zero-order valence-corrected chi connectivity index (χ0v) is 34.7. The predicted molar refractivity (Wildman–Crippen MR) is 216 cm³/mol. The minimum Gasteiger partial charge on any atom is -0.469 e. The number of esters is 1. The van der Waals surface area contributed by atoms with Crippen molar-refractivity contribution < 1.29 is 31.8 Å². The fourth-order valence-corrected chi connectivity index (χ4v) is 15.0. The van der Waals surface area contributed by atoms with Crippen LogP contribution in [0.3, 0.4) is 0 Å². The van der Waals surface area contributed by atoms with Gasteiger partial charge in [-0.1, -0.05) is 105 Å². The highest BCUT2D eigenvalue weighted by Gasteiger charge is 2.59. The molecule has 0 radical (unpaired) electrons. The number of carbonyl (C=O) groups is 1. The van der Waals surface area contributed by atoms with E-state index in [2.05, 4.69) is 92.2 Å². The second kappa shape index (κ2) is 17.5. The lowest BCUT2D eigenvalue weighted by atomic mass is 9.78. The van der Waals surface area contributed by atoms with Gasteiger partial charge in [-0.25, -0.2) is 13.1 Å². The quantitative estimate of drug-likeness (QED) is 0.0726. The Hall–Kier alpha value is -2.83. The molecule has 0 spiro atoms. The number of halogens is 1. The first-order chi connectivity index (χ1) is 25.9. The molecule has 3 aromatic carbocycles. The number of hydrogen-bond acceptors (Lipinski definition) is 7. The molecule has 11 heteroatoms. The van der Waals surface area contributed by atoms with Crippen molar-refractivity contribution in [1.29, 1.82) is 0 Å². The highest BCUT2D eigenvalue weighted by atomic mass is 35.5. The number of benzene rings is 3. The number of ether oxygens (including phenoxy) is 3. The van der Waals surface area contributed by atoms with Crippen LogP contribution in [0.25, 0.3) is 0 Å². The standard InChI is InChI=1S/C43H56ClNO7SSi/c1-42(2,3)54(35-16-7-5-8-17-35,36-18-9-6-10-19-36)51-30-37-38-27-32(15-11-12-20-40(46)49-4)28-43(38,29-39(37)52-41-21-13-14-26-50-41)31-45-53(47,48)34-24-22-33(44)23-25-34/h5-10,15-19,22-25,37-39,41,45H,11-14,20-21,26-31H2,1-4H3/t37-,38-,39-,41?,43+/m1/s1. The Morgan fingerprint density at radius 2 is 1.67 bits per heavy atom. The largest absolute Gasteiger partial charge is 0.469 e. The number of nitrogens with one attached hydrogen (secondary N) is 1. The predicted octanol–water partition coefficient (Wildman–Crippen LogP) is 7.79. The Bertz CT molecular complexity index is 1790. The molecule has 1 N–H and O–H groups in total. The molecule has 0 amide bonds. The summed E-state index contributed by atoms with van der Waals surface area (Å²) in [6, 6.07) is 27.6. The molecule has 0 bridgehead atoms. The molecule has 2 aliphatic carbocycles. The molecule has 1 heterocycles. The third-order valence-electron chi connectivity index (χ3n) is 11.8. The van der Waals surface area contributed by atoms with E-state index < -0.39 is 23.8 Å². The third-order valence-corrected chi connectivity index (χ3v) is 18.5. The molecule has 54 heavy (non-hydrogen) atoms. The average molecular weight is 795 g/mol. The number of hydrogen-bond donors (Lipinski definition) is 1. The van der Waals surface area contributed by atoms with Crippen LogP contribution in [0.4, 0.5) is 0 Å². The lowest BCUT2D eigenvalue weighted by Gasteiger charge is -2.44. The van der Waals surface area contributed by atoms with E-state index in [1.54, 1.807) is 24.3 Å². The normalized spacial score (nSPS) is 25.5. The Morgan fingerprint density at radius 1 is 1.00 bits per heavy atom. The van der Waals surface area contributed by atoms with Crippen LogP contribution in [0, 0.1) is 17.3 Å². The van der Waals surface area contributed by atoms with E-state index >= 15 is 0 Å². The van der Waals surface area contributed by atoms with E-state index in [0.717, 1.165) is 38.5 Å². The fraction of sp³-hybridized carbons (Fsp3) is 0.512. The third kappa shape index (κ3) is 9.07. The first kappa shape index (κ1) is 40.8. The van der Waals surface area contributed by atoms with Crippen molar-refractivity contribution in [2.75, 3.05) is 26.9 Å². The molecular formula is C43H56ClNO7SSi. The van der Waals surface area contributed by atoms with Crippen LogP contribution < -0.4 is 15.1 Å². The molecule has 3 fully saturated rings. The van der Waals surface area contributed by atoms with E-state index in [0.29, 0.717) is 37.5 Å². The van der Waals surface area contributed by atoms with Gasteiger partial charge in [0.05, 0.1) is 18.1 Å². The molecule has 3 aromatic rings. The second-order valence-corrected chi connectivity index (χ2v) is 22.8. The van der Waals surface area contributed by atoms with Gasteiger partial charge in [0.2, 0.25) is 10.0 Å². The molecule has 8 nitrogen and oxygen atoms in total. The monoisotopic (exact) mass is 793 g/mol. The Balaban J connectivity index is 1.37. The van der Waals surface area contributed by atoms with Crippen LogP contribution in [0.15, 0.2) is 101 Å². The van der Waals surface area contributed by atoms with E-state index in [1.165, 1.54) is 23.1 Å². The topological polar surface area (TPSA) is 100 Å². The van der Waals surface area contributed by atoms with Gasteiger partial charge >= 0.3 is 5.97 Å². The number of methoxy groups -OCH3 is 1. The Labute approximate surface area is 328 Å². The highest BCUT2D eigenvalue weighted by Crippen LogP contribution is 2.60. The van der Waals surface area contributed by atoms with Gasteiger partial charge in [0.15, 0.2) is 6.29 Å². The number of unbranched alkanes of at least 4 members (excludes halogenated alkanes) is 1. The summed E-state index contributed by atoms with van der Waals surface area (Å²) in [7, 11) is -5.29. The SMILES string of the molecule is COC(=O)CCCC=C1C[C@@H]2[C@@H](CO[Si](c3ccccc3)(c3ccccc3)C(C)(C)C)[C@H](OC3CCCCO3)C[C@]2(CNS(=O)(=O)c2ccc(Cl)cc2)C1. The van der Waals surface area contributed by atoms with Gasteiger partial charge in [-0.15, -0.1) is 0 Å². The maximum absolute atomic E-state index is 13.7. The summed E-state index contributed by atoms with van der Waals surface area (Å²) in [6.45, 7) is 8.28. The number of fused-ring (bicyclic) bond motifs is 1. The first-order valence-corrected chi connectivity index (χ1v) is 23.2. The van der Waals surface area contributed by atoms with Gasteiger partial charge in [-0.3, -0.25) is 4.79 Å². The van der Waals surface area contributed by atoms with Gasteiger partial charge in [0.1, 0.15) is 0 Å². The van der Waals surface area contributed by atoms with E-state index in [4.69, 9.17) is 30.2 Å². The fourth-order valence-electron chi connectivity index (χ4n) is 9.18. The number of allylic oxidation sites excluding steroid dienone is 2. The number of sulfonamides is 1. The van der Waals surface area contributed by atoms with Gasteiger partial charge < -0.3 is 18.6 Å². The summed E-state index contributed by atoms with van der Waals surface area (Å²) in [4.78, 5) is 12.0. The number of rotatable bonds is 15. The zero-order chi connectivity index (χ0) is 38.4. The molecular weight excluding hydrogens is 738 g/mol. The van der Waals surface area contributed by atoms with Crippen LogP contribution in [0.5, 0.6) is 0 Å². The van der Waals surface area contributed by atoms with Crippen molar-refractivity contribution in [3.8, 4) is 0 Å². The lowest BCUT2D eigenvalue weighted by molar-refractivity contribution is -0.198. The zero-order valence-electron chi connectivity index (χ0n) is 32.1. The molecule has 292 valence electrons. The summed E-state index contributed by atoms with van der Waals surface area (Å²) >= 11 is 6.11. The summed E-state index contributed by atoms with van der Waals surface area (Å²) in [5, 5.41) is 2.71. The Kier molecular flexibility index (Phi) is 13.3. The molecule has 1 saturated heterocycles. The summed E-state index contributed by atoms with van der Waals surface area (Å²) in [6.07, 6.45) is 8.72. The van der Waals surface area contributed by atoms with Crippen LogP contribution >= 0.6 is 11.6 Å². The van der Waals surface area contributed by atoms with Gasteiger partial charge in [0, 0.05) is 37.1 Å². The molecule has 5 atom stereocenters. The van der Waals surface area contributed by atoms with Crippen LogP contribution in [0.1, 0.15) is 78.6 Å². The second-order valence-electron chi connectivity index (χ2n) is 16.3. The molecule has 0 aromatic heterocycles. The molecule has 1 aliphatic heterocycles. The maximum Gasteiger partial charge on any atom is 0.305 e. The summed E-state index contributed by atoms with van der Waals surface area (Å²) in [5.74, 6) is -0.141. The summed E-state index contributed by atoms with van der Waals surface area (Å²) < 4.78 is 56.1. The van der Waals surface area contributed by atoms with Crippen molar-refractivity contribution in [3.05, 3.63) is 102 Å². The van der Waals surface area contributed by atoms with Gasteiger partial charge in [0.25, 0.3) is 8.32 Å². The lowest BCUT2D eigenvalue weighted by Crippen LogP contribution is -2.67. The summed E-state index contributed by atoms with van der Waals surface area (Å²) in [5.41, 5.74) is 0.880.